The van der Waals surface area contributed by atoms with Crippen molar-refractivity contribution < 1.29 is 14.3 Å². The number of likely N-dealkylation sites (tertiary alicyclic amines) is 1. The van der Waals surface area contributed by atoms with Crippen molar-refractivity contribution in [1.29, 1.82) is 0 Å². The molecule has 7 heteroatoms. The van der Waals surface area contributed by atoms with E-state index in [1.807, 2.05) is 76.8 Å². The van der Waals surface area contributed by atoms with Crippen molar-refractivity contribution in [3.05, 3.63) is 81.8 Å². The van der Waals surface area contributed by atoms with Crippen LogP contribution in [0.1, 0.15) is 82.3 Å². The summed E-state index contributed by atoms with van der Waals surface area (Å²) in [7, 11) is 1.92. The maximum absolute atomic E-state index is 13.4. The number of piperidine rings is 1. The number of para-hydroxylation sites is 1. The lowest BCUT2D eigenvalue weighted by molar-refractivity contribution is 0.0690. The lowest BCUT2D eigenvalue weighted by atomic mass is 9.94. The first-order chi connectivity index (χ1) is 18.1. The molecule has 1 saturated carbocycles. The molecule has 2 aliphatic rings. The van der Waals surface area contributed by atoms with E-state index < -0.39 is 0 Å². The fourth-order valence-electron chi connectivity index (χ4n) is 5.39. The lowest BCUT2D eigenvalue weighted by Crippen LogP contribution is -2.38. The van der Waals surface area contributed by atoms with Crippen LogP contribution in [0.3, 0.4) is 0 Å². The summed E-state index contributed by atoms with van der Waals surface area (Å²) in [4.78, 5) is 35.0. The number of ether oxygens (including phenoxy) is 1. The predicted molar refractivity (Wildman–Crippen MR) is 146 cm³/mol. The van der Waals surface area contributed by atoms with Crippen LogP contribution >= 0.6 is 11.3 Å². The molecule has 37 heavy (non-hydrogen) atoms. The Morgan fingerprint density at radius 3 is 2.43 bits per heavy atom. The second-order valence-corrected chi connectivity index (χ2v) is 11.0. The Morgan fingerprint density at radius 1 is 0.973 bits per heavy atom. The third kappa shape index (κ3) is 6.04. The predicted octanol–water partition coefficient (Wildman–Crippen LogP) is 6.15. The molecule has 0 spiro atoms. The molecule has 1 aliphatic carbocycles. The minimum absolute atomic E-state index is 0.00576. The van der Waals surface area contributed by atoms with Gasteiger partial charge in [0, 0.05) is 37.5 Å². The molecule has 194 valence electrons. The monoisotopic (exact) mass is 517 g/mol. The second kappa shape index (κ2) is 11.9. The van der Waals surface area contributed by atoms with Crippen LogP contribution in [-0.4, -0.2) is 52.8 Å². The van der Waals surface area contributed by atoms with E-state index in [-0.39, 0.29) is 17.7 Å². The number of carbonyl (C=O) groups is 2. The highest BCUT2D eigenvalue weighted by molar-refractivity contribution is 7.09. The standard InChI is InChI=1S/C30H35N3O3S/c1-32(24-12-6-3-7-13-24)30(35)26-21-37-28(31-26)23-16-18-33(19-17-23)29(34)25-14-8-9-15-27(25)36-20-22-10-4-2-5-11-22/h2,4-5,8-11,14-15,21,23-24H,3,6-7,12-13,16-20H2,1H3. The number of amides is 2. The van der Waals surface area contributed by atoms with Gasteiger partial charge in [-0.1, -0.05) is 61.7 Å². The molecule has 3 aromatic rings. The first-order valence-corrected chi connectivity index (χ1v) is 14.3. The van der Waals surface area contributed by atoms with Gasteiger partial charge in [0.1, 0.15) is 18.1 Å². The molecule has 2 amide bonds. The zero-order chi connectivity index (χ0) is 25.6. The number of nitrogens with zero attached hydrogens (tertiary/aromatic N) is 3. The molecule has 1 aromatic heterocycles. The van der Waals surface area contributed by atoms with Crippen LogP contribution < -0.4 is 4.74 Å². The molecular weight excluding hydrogens is 482 g/mol. The molecule has 2 fully saturated rings. The SMILES string of the molecule is CN(C(=O)c1csc(C2CCN(C(=O)c3ccccc3OCc3ccccc3)CC2)n1)C1CCCCC1. The van der Waals surface area contributed by atoms with Gasteiger partial charge in [-0.2, -0.15) is 0 Å². The normalized spacial score (nSPS) is 16.9. The molecule has 2 heterocycles. The Morgan fingerprint density at radius 2 is 1.68 bits per heavy atom. The van der Waals surface area contributed by atoms with Gasteiger partial charge in [0.15, 0.2) is 0 Å². The number of rotatable bonds is 7. The first-order valence-electron chi connectivity index (χ1n) is 13.4. The maximum atomic E-state index is 13.4. The summed E-state index contributed by atoms with van der Waals surface area (Å²) in [6.45, 7) is 1.76. The fourth-order valence-corrected chi connectivity index (χ4v) is 6.36. The van der Waals surface area contributed by atoms with Crippen molar-refractivity contribution in [3.8, 4) is 5.75 Å². The van der Waals surface area contributed by atoms with Crippen molar-refractivity contribution in [3.63, 3.8) is 0 Å². The highest BCUT2D eigenvalue weighted by atomic mass is 32.1. The number of benzene rings is 2. The molecule has 1 aliphatic heterocycles. The van der Waals surface area contributed by atoms with Crippen LogP contribution in [-0.2, 0) is 6.61 Å². The van der Waals surface area contributed by atoms with Crippen molar-refractivity contribution in [1.82, 2.24) is 14.8 Å². The van der Waals surface area contributed by atoms with E-state index in [2.05, 4.69) is 0 Å². The molecule has 0 unspecified atom stereocenters. The Balaban J connectivity index is 1.17. The third-order valence-corrected chi connectivity index (χ3v) is 8.68. The quantitative estimate of drug-likeness (QED) is 0.377. The van der Waals surface area contributed by atoms with Gasteiger partial charge >= 0.3 is 0 Å². The maximum Gasteiger partial charge on any atom is 0.273 e. The minimum Gasteiger partial charge on any atom is -0.488 e. The number of hydrogen-bond acceptors (Lipinski definition) is 5. The van der Waals surface area contributed by atoms with E-state index in [9.17, 15) is 9.59 Å². The van der Waals surface area contributed by atoms with Gasteiger partial charge in [0.25, 0.3) is 11.8 Å². The molecular formula is C30H35N3O3S. The lowest BCUT2D eigenvalue weighted by Gasteiger charge is -2.31. The highest BCUT2D eigenvalue weighted by Gasteiger charge is 2.29. The van der Waals surface area contributed by atoms with Gasteiger partial charge in [0.2, 0.25) is 0 Å². The third-order valence-electron chi connectivity index (χ3n) is 7.67. The van der Waals surface area contributed by atoms with E-state index in [0.29, 0.717) is 42.7 Å². The number of carbonyl (C=O) groups excluding carboxylic acids is 2. The summed E-state index contributed by atoms with van der Waals surface area (Å²) >= 11 is 1.58. The molecule has 5 rings (SSSR count). The molecule has 0 N–H and O–H groups in total. The Kier molecular flexibility index (Phi) is 8.19. The largest absolute Gasteiger partial charge is 0.488 e. The molecule has 2 aromatic carbocycles. The molecule has 1 saturated heterocycles. The molecule has 6 nitrogen and oxygen atoms in total. The summed E-state index contributed by atoms with van der Waals surface area (Å²) < 4.78 is 6.02. The van der Waals surface area contributed by atoms with E-state index in [1.165, 1.54) is 19.3 Å². The molecule has 0 atom stereocenters. The van der Waals surface area contributed by atoms with Gasteiger partial charge in [-0.25, -0.2) is 4.98 Å². The van der Waals surface area contributed by atoms with Gasteiger partial charge < -0.3 is 14.5 Å². The number of hydrogen-bond donors (Lipinski definition) is 0. The van der Waals surface area contributed by atoms with E-state index >= 15 is 0 Å². The van der Waals surface area contributed by atoms with E-state index in [4.69, 9.17) is 9.72 Å². The second-order valence-electron chi connectivity index (χ2n) is 10.1. The van der Waals surface area contributed by atoms with Crippen molar-refractivity contribution in [2.45, 2.75) is 63.5 Å². The topological polar surface area (TPSA) is 62.7 Å². The average Bonchev–Trinajstić information content (AvgIpc) is 3.47. The summed E-state index contributed by atoms with van der Waals surface area (Å²) in [5.41, 5.74) is 2.23. The zero-order valence-electron chi connectivity index (χ0n) is 21.5. The van der Waals surface area contributed by atoms with Crippen LogP contribution in [0, 0.1) is 0 Å². The smallest absolute Gasteiger partial charge is 0.273 e. The number of thiazole rings is 1. The van der Waals surface area contributed by atoms with Gasteiger partial charge in [0.05, 0.1) is 10.6 Å². The fraction of sp³-hybridized carbons (Fsp3) is 0.433. The minimum atomic E-state index is 0.00576. The van der Waals surface area contributed by atoms with Crippen LogP contribution in [0.4, 0.5) is 0 Å². The Labute approximate surface area is 223 Å². The summed E-state index contributed by atoms with van der Waals surface area (Å²) in [6.07, 6.45) is 7.54. The van der Waals surface area contributed by atoms with Gasteiger partial charge in [-0.05, 0) is 43.4 Å². The van der Waals surface area contributed by atoms with Crippen LogP contribution in [0.5, 0.6) is 5.75 Å². The van der Waals surface area contributed by atoms with Crippen LogP contribution in [0.2, 0.25) is 0 Å². The molecule has 0 bridgehead atoms. The van der Waals surface area contributed by atoms with Crippen LogP contribution in [0.15, 0.2) is 60.0 Å². The summed E-state index contributed by atoms with van der Waals surface area (Å²) in [6, 6.07) is 17.8. The van der Waals surface area contributed by atoms with Crippen molar-refractivity contribution in [2.75, 3.05) is 20.1 Å². The highest BCUT2D eigenvalue weighted by Crippen LogP contribution is 2.32. The van der Waals surface area contributed by atoms with Gasteiger partial charge in [-0.3, -0.25) is 9.59 Å². The van der Waals surface area contributed by atoms with Gasteiger partial charge in [-0.15, -0.1) is 11.3 Å². The zero-order valence-corrected chi connectivity index (χ0v) is 22.3. The Hall–Kier alpha value is -3.19. The van der Waals surface area contributed by atoms with E-state index in [0.717, 1.165) is 36.3 Å². The Bertz CT molecular complexity index is 1200. The summed E-state index contributed by atoms with van der Waals surface area (Å²) in [5.74, 6) is 0.934. The van der Waals surface area contributed by atoms with E-state index in [1.54, 1.807) is 11.3 Å². The van der Waals surface area contributed by atoms with Crippen molar-refractivity contribution in [2.24, 2.45) is 0 Å². The number of aromatic nitrogens is 1. The van der Waals surface area contributed by atoms with Crippen molar-refractivity contribution >= 4 is 23.2 Å². The first kappa shape index (κ1) is 25.5. The summed E-state index contributed by atoms with van der Waals surface area (Å²) in [5, 5.41) is 2.92. The van der Waals surface area contributed by atoms with Crippen LogP contribution in [0.25, 0.3) is 0 Å². The average molecular weight is 518 g/mol. The molecule has 0 radical (unpaired) electrons.